The van der Waals surface area contributed by atoms with Crippen molar-refractivity contribution in [2.24, 2.45) is 0 Å². The summed E-state index contributed by atoms with van der Waals surface area (Å²) in [6.45, 7) is 3.63. The van der Waals surface area contributed by atoms with Crippen molar-refractivity contribution < 1.29 is 19.1 Å². The summed E-state index contributed by atoms with van der Waals surface area (Å²) in [7, 11) is 1.51. The van der Waals surface area contributed by atoms with E-state index >= 15 is 0 Å². The number of hydrogen-bond donors (Lipinski definition) is 3. The highest BCUT2D eigenvalue weighted by atomic mass is 35.5. The fraction of sp³-hybridized carbons (Fsp3) is 0.121. The molecule has 3 N–H and O–H groups in total. The number of anilines is 2. The Morgan fingerprint density at radius 2 is 1.60 bits per heavy atom. The number of rotatable bonds is 10. The molecule has 4 aromatic rings. The van der Waals surface area contributed by atoms with Gasteiger partial charge in [-0.2, -0.15) is 0 Å². The Labute approximate surface area is 264 Å². The highest BCUT2D eigenvalue weighted by Crippen LogP contribution is 2.32. The molecule has 1 atom stereocenters. The summed E-state index contributed by atoms with van der Waals surface area (Å²) in [6, 6.07) is 26.0. The lowest BCUT2D eigenvalue weighted by Crippen LogP contribution is -2.30. The minimum atomic E-state index is -0.516. The van der Waals surface area contributed by atoms with Crippen LogP contribution in [-0.2, 0) is 9.59 Å². The number of benzene rings is 4. The number of halogens is 2. The minimum absolute atomic E-state index is 0.0502. The highest BCUT2D eigenvalue weighted by Gasteiger charge is 2.19. The number of nitrogens with one attached hydrogen (secondary N) is 3. The lowest BCUT2D eigenvalue weighted by Gasteiger charge is -2.16. The zero-order valence-corrected chi connectivity index (χ0v) is 25.9. The molecule has 0 fully saturated rings. The molecule has 0 spiro atoms. The van der Waals surface area contributed by atoms with Gasteiger partial charge in [-0.3, -0.25) is 14.4 Å². The SMILES string of the molecule is COc1cc(Cl)c(C)cc1NC(=O)C(C)Sc1cccc(NC(=O)/C(=C/c2ccc(Cl)cc2)NC(=O)c2ccccc2)c1. The van der Waals surface area contributed by atoms with E-state index in [1.165, 1.54) is 18.9 Å². The molecule has 43 heavy (non-hydrogen) atoms. The average molecular weight is 635 g/mol. The van der Waals surface area contributed by atoms with Crippen LogP contribution < -0.4 is 20.7 Å². The van der Waals surface area contributed by atoms with E-state index in [4.69, 9.17) is 27.9 Å². The Balaban J connectivity index is 1.48. The van der Waals surface area contributed by atoms with Crippen molar-refractivity contribution in [3.05, 3.63) is 123 Å². The molecule has 0 radical (unpaired) electrons. The van der Waals surface area contributed by atoms with Crippen LogP contribution in [0.1, 0.15) is 28.4 Å². The number of carbonyl (C=O) groups is 3. The molecule has 0 aliphatic rings. The number of hydrogen-bond acceptors (Lipinski definition) is 5. The topological polar surface area (TPSA) is 96.5 Å². The van der Waals surface area contributed by atoms with E-state index in [0.717, 1.165) is 10.5 Å². The van der Waals surface area contributed by atoms with E-state index in [-0.39, 0.29) is 11.6 Å². The smallest absolute Gasteiger partial charge is 0.272 e. The van der Waals surface area contributed by atoms with Gasteiger partial charge in [0.2, 0.25) is 5.91 Å². The lowest BCUT2D eigenvalue weighted by atomic mass is 10.1. The van der Waals surface area contributed by atoms with Crippen molar-refractivity contribution in [1.82, 2.24) is 5.32 Å². The Hall–Kier alpha value is -4.24. The van der Waals surface area contributed by atoms with Gasteiger partial charge in [-0.25, -0.2) is 0 Å². The zero-order valence-electron chi connectivity index (χ0n) is 23.6. The van der Waals surface area contributed by atoms with Gasteiger partial charge in [-0.05, 0) is 79.6 Å². The van der Waals surface area contributed by atoms with Crippen LogP contribution in [0.3, 0.4) is 0 Å². The normalized spacial score (nSPS) is 11.8. The maximum absolute atomic E-state index is 13.4. The van der Waals surface area contributed by atoms with E-state index in [0.29, 0.717) is 38.3 Å². The first-order chi connectivity index (χ1) is 20.6. The Kier molecular flexibility index (Phi) is 10.9. The van der Waals surface area contributed by atoms with Crippen molar-refractivity contribution in [3.8, 4) is 5.75 Å². The molecule has 4 aromatic carbocycles. The van der Waals surface area contributed by atoms with Crippen molar-refractivity contribution >= 4 is 70.1 Å². The molecule has 0 aliphatic heterocycles. The number of methoxy groups -OCH3 is 1. The van der Waals surface area contributed by atoms with Gasteiger partial charge in [0.05, 0.1) is 18.0 Å². The molecular weight excluding hydrogens is 605 g/mol. The van der Waals surface area contributed by atoms with E-state index in [9.17, 15) is 14.4 Å². The van der Waals surface area contributed by atoms with Crippen LogP contribution >= 0.6 is 35.0 Å². The summed E-state index contributed by atoms with van der Waals surface area (Å²) >= 11 is 13.5. The van der Waals surface area contributed by atoms with Gasteiger partial charge in [0, 0.05) is 32.3 Å². The third kappa shape index (κ3) is 8.88. The number of aryl methyl sites for hydroxylation is 1. The third-order valence-corrected chi connectivity index (χ3v) is 7.98. The number of ether oxygens (including phenoxy) is 1. The molecule has 0 bridgehead atoms. The van der Waals surface area contributed by atoms with Crippen LogP contribution in [0.4, 0.5) is 11.4 Å². The van der Waals surface area contributed by atoms with Crippen molar-refractivity contribution in [1.29, 1.82) is 0 Å². The van der Waals surface area contributed by atoms with Crippen LogP contribution in [0.5, 0.6) is 5.75 Å². The molecule has 0 saturated carbocycles. The number of amides is 3. The molecule has 0 aliphatic carbocycles. The van der Waals surface area contributed by atoms with Gasteiger partial charge in [0.1, 0.15) is 11.4 Å². The second-order valence-corrected chi connectivity index (χ2v) is 11.7. The molecule has 0 heterocycles. The average Bonchev–Trinajstić information content (AvgIpc) is 3.00. The minimum Gasteiger partial charge on any atom is -0.495 e. The quantitative estimate of drug-likeness (QED) is 0.122. The second kappa shape index (κ2) is 14.8. The van der Waals surface area contributed by atoms with Crippen LogP contribution in [0, 0.1) is 6.92 Å². The summed E-state index contributed by atoms with van der Waals surface area (Å²) < 4.78 is 5.36. The Bertz CT molecular complexity index is 1660. The fourth-order valence-electron chi connectivity index (χ4n) is 3.94. The van der Waals surface area contributed by atoms with Crippen molar-refractivity contribution in [2.45, 2.75) is 24.0 Å². The first kappa shape index (κ1) is 31.7. The molecule has 0 saturated heterocycles. The standard InChI is InChI=1S/C33H29Cl2N3O4S/c1-20-16-28(30(42-3)19-27(20)35)37-31(39)21(2)43-26-11-7-10-25(18-26)36-33(41)29(17-22-12-14-24(34)15-13-22)38-32(40)23-8-5-4-6-9-23/h4-19,21H,1-3H3,(H,36,41)(H,37,39)(H,38,40)/b29-17-. The molecule has 1 unspecified atom stereocenters. The van der Waals surface area contributed by atoms with Crippen LogP contribution in [-0.4, -0.2) is 30.1 Å². The largest absolute Gasteiger partial charge is 0.495 e. The zero-order chi connectivity index (χ0) is 30.9. The summed E-state index contributed by atoms with van der Waals surface area (Å²) in [4.78, 5) is 40.1. The molecule has 220 valence electrons. The van der Waals surface area contributed by atoms with Crippen LogP contribution in [0.2, 0.25) is 10.0 Å². The van der Waals surface area contributed by atoms with Gasteiger partial charge in [-0.15, -0.1) is 11.8 Å². The number of thioether (sulfide) groups is 1. The molecule has 0 aromatic heterocycles. The monoisotopic (exact) mass is 633 g/mol. The van der Waals surface area contributed by atoms with E-state index in [2.05, 4.69) is 16.0 Å². The number of carbonyl (C=O) groups excluding carboxylic acids is 3. The fourth-order valence-corrected chi connectivity index (χ4v) is 5.14. The second-order valence-electron chi connectivity index (χ2n) is 9.46. The molecule has 10 heteroatoms. The maximum atomic E-state index is 13.4. The van der Waals surface area contributed by atoms with E-state index in [1.54, 1.807) is 97.9 Å². The van der Waals surface area contributed by atoms with E-state index in [1.807, 2.05) is 13.0 Å². The predicted molar refractivity (Wildman–Crippen MR) is 175 cm³/mol. The van der Waals surface area contributed by atoms with Crippen molar-refractivity contribution in [3.63, 3.8) is 0 Å². The highest BCUT2D eigenvalue weighted by molar-refractivity contribution is 8.00. The summed E-state index contributed by atoms with van der Waals surface area (Å²) in [5.41, 5.74) is 2.98. The third-order valence-electron chi connectivity index (χ3n) is 6.22. The van der Waals surface area contributed by atoms with Crippen LogP contribution in [0.25, 0.3) is 6.08 Å². The maximum Gasteiger partial charge on any atom is 0.272 e. The van der Waals surface area contributed by atoms with Gasteiger partial charge < -0.3 is 20.7 Å². The summed E-state index contributed by atoms with van der Waals surface area (Å²) in [5.74, 6) is -0.700. The van der Waals surface area contributed by atoms with Gasteiger partial charge in [0.25, 0.3) is 11.8 Å². The Morgan fingerprint density at radius 1 is 0.884 bits per heavy atom. The lowest BCUT2D eigenvalue weighted by molar-refractivity contribution is -0.115. The summed E-state index contributed by atoms with van der Waals surface area (Å²) in [6.07, 6.45) is 1.57. The van der Waals surface area contributed by atoms with Gasteiger partial charge in [-0.1, -0.05) is 59.6 Å². The first-order valence-electron chi connectivity index (χ1n) is 13.2. The first-order valence-corrected chi connectivity index (χ1v) is 14.8. The molecule has 7 nitrogen and oxygen atoms in total. The predicted octanol–water partition coefficient (Wildman–Crippen LogP) is 7.84. The summed E-state index contributed by atoms with van der Waals surface area (Å²) in [5, 5.41) is 9.09. The Morgan fingerprint density at radius 3 is 2.30 bits per heavy atom. The molecular formula is C33H29Cl2N3O4S. The van der Waals surface area contributed by atoms with Gasteiger partial charge in [0.15, 0.2) is 0 Å². The van der Waals surface area contributed by atoms with Gasteiger partial charge >= 0.3 is 0 Å². The van der Waals surface area contributed by atoms with Crippen molar-refractivity contribution in [2.75, 3.05) is 17.7 Å². The van der Waals surface area contributed by atoms with Crippen LogP contribution in [0.15, 0.2) is 102 Å². The van der Waals surface area contributed by atoms with E-state index < -0.39 is 17.1 Å². The molecule has 3 amide bonds. The molecule has 4 rings (SSSR count).